The van der Waals surface area contributed by atoms with Crippen LogP contribution in [0.15, 0.2) is 57.8 Å². The molecule has 8 heteroatoms. The van der Waals surface area contributed by atoms with Crippen molar-refractivity contribution in [3.8, 4) is 0 Å². The molecule has 1 aliphatic carbocycles. The Kier molecular flexibility index (Phi) is 4.12. The lowest BCUT2D eigenvalue weighted by atomic mass is 9.76. The van der Waals surface area contributed by atoms with Gasteiger partial charge < -0.3 is 9.32 Å². The van der Waals surface area contributed by atoms with Gasteiger partial charge in [0, 0.05) is 47.3 Å². The minimum Gasteiger partial charge on any atom is -0.460 e. The molecule has 172 valence electrons. The molecular formula is C26H22N2O5S. The smallest absolute Gasteiger partial charge is 0.262 e. The summed E-state index contributed by atoms with van der Waals surface area (Å²) in [7, 11) is -2.31. The van der Waals surface area contributed by atoms with E-state index in [1.54, 1.807) is 49.5 Å². The summed E-state index contributed by atoms with van der Waals surface area (Å²) in [5.41, 5.74) is 2.44. The largest absolute Gasteiger partial charge is 0.460 e. The van der Waals surface area contributed by atoms with Crippen LogP contribution in [0.2, 0.25) is 0 Å². The summed E-state index contributed by atoms with van der Waals surface area (Å²) in [6.07, 6.45) is 1.07. The molecule has 0 unspecified atom stereocenters. The molecule has 0 radical (unpaired) electrons. The lowest BCUT2D eigenvalue weighted by Crippen LogP contribution is -2.25. The Balaban J connectivity index is 1.44. The van der Waals surface area contributed by atoms with Gasteiger partial charge in [0.05, 0.1) is 16.1 Å². The van der Waals surface area contributed by atoms with Crippen LogP contribution in [0.1, 0.15) is 46.7 Å². The van der Waals surface area contributed by atoms with Crippen molar-refractivity contribution in [2.24, 2.45) is 5.41 Å². The maximum Gasteiger partial charge on any atom is 0.262 e. The van der Waals surface area contributed by atoms with Crippen LogP contribution in [0.4, 0.5) is 11.4 Å². The van der Waals surface area contributed by atoms with Gasteiger partial charge in [0.15, 0.2) is 5.78 Å². The third-order valence-electron chi connectivity index (χ3n) is 6.73. The van der Waals surface area contributed by atoms with E-state index < -0.39 is 10.0 Å². The fraction of sp³-hybridized carbons (Fsp3) is 0.231. The predicted molar refractivity (Wildman–Crippen MR) is 130 cm³/mol. The van der Waals surface area contributed by atoms with Gasteiger partial charge in [0.25, 0.3) is 15.9 Å². The summed E-state index contributed by atoms with van der Waals surface area (Å²) < 4.78 is 35.5. The van der Waals surface area contributed by atoms with Gasteiger partial charge in [0.1, 0.15) is 11.3 Å². The van der Waals surface area contributed by atoms with Gasteiger partial charge in [0.2, 0.25) is 0 Å². The van der Waals surface area contributed by atoms with E-state index >= 15 is 0 Å². The van der Waals surface area contributed by atoms with Crippen molar-refractivity contribution < 1.29 is 22.4 Å². The summed E-state index contributed by atoms with van der Waals surface area (Å²) in [6, 6.07) is 13.2. The summed E-state index contributed by atoms with van der Waals surface area (Å²) in [4.78, 5) is 27.0. The van der Waals surface area contributed by atoms with Gasteiger partial charge in [-0.3, -0.25) is 14.3 Å². The van der Waals surface area contributed by atoms with Crippen LogP contribution in [-0.4, -0.2) is 27.2 Å². The molecule has 34 heavy (non-hydrogen) atoms. The molecule has 0 bridgehead atoms. The highest BCUT2D eigenvalue weighted by Gasteiger charge is 2.35. The number of nitrogens with zero attached hydrogens (tertiary/aromatic N) is 1. The molecule has 7 nitrogen and oxygen atoms in total. The highest BCUT2D eigenvalue weighted by atomic mass is 32.2. The van der Waals surface area contributed by atoms with E-state index in [1.807, 2.05) is 13.8 Å². The van der Waals surface area contributed by atoms with Gasteiger partial charge in [-0.2, -0.15) is 0 Å². The average molecular weight is 475 g/mol. The first-order valence-electron chi connectivity index (χ1n) is 11.0. The highest BCUT2D eigenvalue weighted by Crippen LogP contribution is 2.42. The lowest BCUT2D eigenvalue weighted by Gasteiger charge is -2.27. The number of carbonyl (C=O) groups excluding carboxylic acids is 2. The number of rotatable bonds is 3. The van der Waals surface area contributed by atoms with E-state index in [9.17, 15) is 18.0 Å². The first-order valence-corrected chi connectivity index (χ1v) is 12.5. The monoisotopic (exact) mass is 474 g/mol. The fourth-order valence-electron chi connectivity index (χ4n) is 5.22. The highest BCUT2D eigenvalue weighted by molar-refractivity contribution is 7.93. The van der Waals surface area contributed by atoms with Gasteiger partial charge in [-0.25, -0.2) is 8.42 Å². The van der Waals surface area contributed by atoms with Crippen LogP contribution in [0.5, 0.6) is 0 Å². The van der Waals surface area contributed by atoms with Gasteiger partial charge in [-0.1, -0.05) is 26.0 Å². The van der Waals surface area contributed by atoms with Crippen molar-refractivity contribution in [1.82, 2.24) is 0 Å². The second-order valence-electron chi connectivity index (χ2n) is 9.83. The van der Waals surface area contributed by atoms with E-state index in [0.717, 1.165) is 0 Å². The maximum atomic E-state index is 13.4. The number of hydrogen-bond donors (Lipinski definition) is 1. The Morgan fingerprint density at radius 1 is 1.00 bits per heavy atom. The molecule has 1 aromatic heterocycles. The van der Waals surface area contributed by atoms with Crippen LogP contribution in [0.3, 0.4) is 0 Å². The molecule has 0 atom stereocenters. The van der Waals surface area contributed by atoms with Crippen molar-refractivity contribution in [2.45, 2.75) is 31.6 Å². The summed E-state index contributed by atoms with van der Waals surface area (Å²) in [5, 5.41) is 1.73. The van der Waals surface area contributed by atoms with Crippen LogP contribution >= 0.6 is 0 Å². The molecule has 2 aliphatic rings. The fourth-order valence-corrected chi connectivity index (χ4v) is 6.47. The first kappa shape index (κ1) is 20.9. The third kappa shape index (κ3) is 2.91. The number of Topliss-reactive ketones (excluding diaryl/α,β-unsaturated/α-hetero) is 1. The molecule has 6 rings (SSSR count). The van der Waals surface area contributed by atoms with Crippen molar-refractivity contribution in [1.29, 1.82) is 0 Å². The third-order valence-corrected chi connectivity index (χ3v) is 8.17. The number of amides is 1. The molecule has 0 fully saturated rings. The summed E-state index contributed by atoms with van der Waals surface area (Å²) in [6.45, 7) is 4.06. The van der Waals surface area contributed by atoms with E-state index in [-0.39, 0.29) is 22.0 Å². The Morgan fingerprint density at radius 2 is 1.79 bits per heavy atom. The van der Waals surface area contributed by atoms with Crippen LogP contribution in [0.25, 0.3) is 21.7 Å². The van der Waals surface area contributed by atoms with Crippen LogP contribution < -0.4 is 9.62 Å². The van der Waals surface area contributed by atoms with E-state index in [1.165, 1.54) is 11.0 Å². The Labute approximate surface area is 196 Å². The molecular weight excluding hydrogens is 452 g/mol. The topological polar surface area (TPSA) is 96.7 Å². The normalized spacial score (nSPS) is 17.0. The van der Waals surface area contributed by atoms with Crippen molar-refractivity contribution in [3.63, 3.8) is 0 Å². The number of ketones is 1. The second kappa shape index (κ2) is 6.70. The number of hydrogen-bond acceptors (Lipinski definition) is 5. The van der Waals surface area contributed by atoms with E-state index in [0.29, 0.717) is 62.8 Å². The summed E-state index contributed by atoms with van der Waals surface area (Å²) in [5.74, 6) is 0.495. The molecule has 1 N–H and O–H groups in total. The standard InChI is InChI=1S/C26H22N2O5S/c1-26(2)12-19(29)24-17-11-14(7-9-20(17)33-21(24)13-26)27-34(31,32)22-10-8-18-23-15(22)5-4-6-16(23)25(30)28(18)3/h4-11,27H,12-13H2,1-3H3. The number of benzene rings is 3. The number of sulfonamides is 1. The molecule has 0 saturated carbocycles. The molecule has 1 aliphatic heterocycles. The quantitative estimate of drug-likeness (QED) is 0.444. The number of fused-ring (bicyclic) bond motifs is 3. The SMILES string of the molecule is CN1C(=O)c2cccc3c(S(=O)(=O)Nc4ccc5oc6c(c5c4)C(=O)CC(C)(C)C6)ccc1c23. The zero-order chi connectivity index (χ0) is 24.0. The Bertz CT molecular complexity index is 1680. The zero-order valence-electron chi connectivity index (χ0n) is 18.9. The van der Waals surface area contributed by atoms with Crippen molar-refractivity contribution in [3.05, 3.63) is 65.4 Å². The van der Waals surface area contributed by atoms with Gasteiger partial charge in [-0.15, -0.1) is 0 Å². The van der Waals surface area contributed by atoms with Gasteiger partial charge in [-0.05, 0) is 41.8 Å². The van der Waals surface area contributed by atoms with E-state index in [2.05, 4.69) is 4.72 Å². The van der Waals surface area contributed by atoms with Gasteiger partial charge >= 0.3 is 0 Å². The molecule has 1 amide bonds. The zero-order valence-corrected chi connectivity index (χ0v) is 19.7. The summed E-state index contributed by atoms with van der Waals surface area (Å²) >= 11 is 0. The number of nitrogens with one attached hydrogen (secondary N) is 1. The minimum absolute atomic E-state index is 0.00583. The predicted octanol–water partition coefficient (Wildman–Crippen LogP) is 5.13. The first-order chi connectivity index (χ1) is 16.1. The minimum atomic E-state index is -3.98. The number of furan rings is 1. The van der Waals surface area contributed by atoms with Crippen molar-refractivity contribution >= 4 is 54.8 Å². The average Bonchev–Trinajstić information content (AvgIpc) is 3.24. The van der Waals surface area contributed by atoms with Crippen LogP contribution in [0, 0.1) is 5.41 Å². The maximum absolute atomic E-state index is 13.4. The molecule has 0 spiro atoms. The Hall–Kier alpha value is -3.65. The molecule has 0 saturated heterocycles. The lowest BCUT2D eigenvalue weighted by molar-refractivity contribution is 0.0905. The second-order valence-corrected chi connectivity index (χ2v) is 11.5. The van der Waals surface area contributed by atoms with Crippen LogP contribution in [-0.2, 0) is 16.4 Å². The number of carbonyl (C=O) groups is 2. The Morgan fingerprint density at radius 3 is 2.59 bits per heavy atom. The number of anilines is 2. The van der Waals surface area contributed by atoms with Crippen molar-refractivity contribution in [2.75, 3.05) is 16.7 Å². The molecule has 2 heterocycles. The van der Waals surface area contributed by atoms with E-state index in [4.69, 9.17) is 4.42 Å². The molecule has 4 aromatic rings. The molecule has 3 aromatic carbocycles.